The number of carbonyl (C=O) groups excluding carboxylic acids is 3. The Bertz CT molecular complexity index is 2000. The molecule has 0 heterocycles. The number of hydrogen-bond acceptors (Lipinski definition) is 7. The summed E-state index contributed by atoms with van der Waals surface area (Å²) >= 11 is 0. The quantitative estimate of drug-likeness (QED) is 0.0820. The van der Waals surface area contributed by atoms with Gasteiger partial charge in [-0.25, -0.2) is 0 Å². The molecule has 9 N–H and O–H groups in total. The first-order chi connectivity index (χ1) is 24.1. The Labute approximate surface area is 288 Å². The van der Waals surface area contributed by atoms with Gasteiger partial charge in [0.25, 0.3) is 17.7 Å². The summed E-state index contributed by atoms with van der Waals surface area (Å²) < 4.78 is 15.7. The lowest BCUT2D eigenvalue weighted by molar-refractivity contribution is 0.101. The van der Waals surface area contributed by atoms with E-state index in [2.05, 4.69) is 16.0 Å². The van der Waals surface area contributed by atoms with E-state index in [0.717, 1.165) is 0 Å². The Kier molecular flexibility index (Phi) is 9.47. The Morgan fingerprint density at radius 2 is 0.660 bits per heavy atom. The number of rotatable bonds is 9. The highest BCUT2D eigenvalue weighted by Gasteiger charge is 2.31. The van der Waals surface area contributed by atoms with Crippen LogP contribution in [-0.2, 0) is 4.57 Å². The van der Waals surface area contributed by atoms with E-state index < -0.39 is 7.14 Å². The predicted octanol–water partition coefficient (Wildman–Crippen LogP) is 5.83. The lowest BCUT2D eigenvalue weighted by atomic mass is 10.2. The van der Waals surface area contributed by atoms with Crippen LogP contribution in [0.4, 0.5) is 34.1 Å². The molecule has 0 bridgehead atoms. The Morgan fingerprint density at radius 1 is 0.400 bits per heavy atom. The van der Waals surface area contributed by atoms with E-state index in [1.54, 1.807) is 146 Å². The van der Waals surface area contributed by atoms with Crippen molar-refractivity contribution in [1.82, 2.24) is 0 Å². The third kappa shape index (κ3) is 7.41. The Morgan fingerprint density at radius 3 is 0.920 bits per heavy atom. The molecular weight excluding hydrogens is 647 g/mol. The minimum Gasteiger partial charge on any atom is -0.399 e. The van der Waals surface area contributed by atoms with Gasteiger partial charge < -0.3 is 37.7 Å². The average Bonchev–Trinajstić information content (AvgIpc) is 3.12. The van der Waals surface area contributed by atoms with Crippen molar-refractivity contribution in [3.05, 3.63) is 162 Å². The van der Waals surface area contributed by atoms with Gasteiger partial charge in [0.2, 0.25) is 0 Å². The molecule has 10 nitrogen and oxygen atoms in total. The third-order valence-corrected chi connectivity index (χ3v) is 10.9. The van der Waals surface area contributed by atoms with Gasteiger partial charge in [0, 0.05) is 66.7 Å². The van der Waals surface area contributed by atoms with Crippen molar-refractivity contribution >= 4 is 74.9 Å². The summed E-state index contributed by atoms with van der Waals surface area (Å²) in [4.78, 5) is 39.2. The van der Waals surface area contributed by atoms with Gasteiger partial charge in [-0.2, -0.15) is 0 Å². The third-order valence-electron chi connectivity index (χ3n) is 7.92. The van der Waals surface area contributed by atoms with E-state index in [1.807, 2.05) is 0 Å². The molecule has 6 rings (SSSR count). The summed E-state index contributed by atoms with van der Waals surface area (Å²) in [6.45, 7) is 0. The first-order valence-corrected chi connectivity index (χ1v) is 17.2. The molecule has 6 aromatic rings. The maximum atomic E-state index is 15.7. The van der Waals surface area contributed by atoms with Crippen LogP contribution in [0.15, 0.2) is 146 Å². The zero-order valence-electron chi connectivity index (χ0n) is 26.7. The Balaban J connectivity index is 1.39. The fourth-order valence-corrected chi connectivity index (χ4v) is 8.04. The van der Waals surface area contributed by atoms with Gasteiger partial charge in [-0.3, -0.25) is 14.4 Å². The van der Waals surface area contributed by atoms with Crippen LogP contribution >= 0.6 is 7.14 Å². The monoisotopic (exact) mass is 680 g/mol. The number of carbonyl (C=O) groups is 3. The summed E-state index contributed by atoms with van der Waals surface area (Å²) in [6.07, 6.45) is 0. The second kappa shape index (κ2) is 14.2. The first-order valence-electron chi connectivity index (χ1n) is 15.5. The fourth-order valence-electron chi connectivity index (χ4n) is 5.30. The summed E-state index contributed by atoms with van der Waals surface area (Å²) in [5.74, 6) is -1.09. The molecule has 0 atom stereocenters. The van der Waals surface area contributed by atoms with Crippen LogP contribution in [0.25, 0.3) is 0 Å². The van der Waals surface area contributed by atoms with Crippen LogP contribution in [0, 0.1) is 0 Å². The number of hydrogen-bond donors (Lipinski definition) is 6. The van der Waals surface area contributed by atoms with Crippen LogP contribution < -0.4 is 49.1 Å². The van der Waals surface area contributed by atoms with Gasteiger partial charge in [-0.1, -0.05) is 36.4 Å². The molecule has 11 heteroatoms. The lowest BCUT2D eigenvalue weighted by Crippen LogP contribution is -2.26. The maximum absolute atomic E-state index is 15.7. The van der Waals surface area contributed by atoms with E-state index in [9.17, 15) is 14.4 Å². The molecule has 50 heavy (non-hydrogen) atoms. The largest absolute Gasteiger partial charge is 0.399 e. The standard InChI is InChI=1S/C39H33N6O4P/c40-28-16-10-25(11-17-28)37(46)43-31-4-1-7-34(22-31)50(49,35-8-2-5-32(23-35)44-38(47)26-12-18-29(41)19-13-26)36-9-3-6-33(24-36)45-39(48)27-14-20-30(42)21-15-27/h1-24H,40-42H2,(H,43,46)(H,44,47)(H,45,48). The summed E-state index contributed by atoms with van der Waals surface area (Å²) in [5, 5.41) is 9.88. The highest BCUT2D eigenvalue weighted by atomic mass is 31.2. The fraction of sp³-hybridized carbons (Fsp3) is 0. The molecule has 6 aromatic carbocycles. The molecule has 0 spiro atoms. The molecule has 0 saturated heterocycles. The van der Waals surface area contributed by atoms with Crippen molar-refractivity contribution in [3.8, 4) is 0 Å². The molecule has 0 aliphatic heterocycles. The molecule has 0 saturated carbocycles. The molecule has 248 valence electrons. The number of nitrogens with two attached hydrogens (primary N) is 3. The van der Waals surface area contributed by atoms with Crippen LogP contribution in [-0.4, -0.2) is 17.7 Å². The second-order valence-electron chi connectivity index (χ2n) is 11.5. The van der Waals surface area contributed by atoms with Crippen molar-refractivity contribution < 1.29 is 18.9 Å². The number of amides is 3. The van der Waals surface area contributed by atoms with Crippen LogP contribution in [0.1, 0.15) is 31.1 Å². The number of nitrogen functional groups attached to an aromatic ring is 3. The highest BCUT2D eigenvalue weighted by Crippen LogP contribution is 2.44. The van der Waals surface area contributed by atoms with Gasteiger partial charge >= 0.3 is 0 Å². The lowest BCUT2D eigenvalue weighted by Gasteiger charge is -2.22. The zero-order chi connectivity index (χ0) is 35.3. The van der Waals surface area contributed by atoms with Crippen molar-refractivity contribution in [2.75, 3.05) is 33.2 Å². The summed E-state index contributed by atoms with van der Waals surface area (Å²) in [7, 11) is -3.73. The molecule has 0 fully saturated rings. The van der Waals surface area contributed by atoms with Crippen molar-refractivity contribution in [2.45, 2.75) is 0 Å². The topological polar surface area (TPSA) is 182 Å². The van der Waals surface area contributed by atoms with Gasteiger partial charge in [0.15, 0.2) is 7.14 Å². The molecule has 0 radical (unpaired) electrons. The van der Waals surface area contributed by atoms with E-state index in [0.29, 0.717) is 66.7 Å². The van der Waals surface area contributed by atoms with E-state index in [-0.39, 0.29) is 17.7 Å². The molecule has 3 amide bonds. The summed E-state index contributed by atoms with van der Waals surface area (Å²) in [6, 6.07) is 39.9. The highest BCUT2D eigenvalue weighted by molar-refractivity contribution is 7.85. The van der Waals surface area contributed by atoms with Crippen molar-refractivity contribution in [3.63, 3.8) is 0 Å². The van der Waals surface area contributed by atoms with E-state index in [4.69, 9.17) is 17.2 Å². The van der Waals surface area contributed by atoms with Gasteiger partial charge in [0.1, 0.15) is 0 Å². The normalized spacial score (nSPS) is 11.0. The molecule has 0 unspecified atom stereocenters. The molecular formula is C39H33N6O4P. The molecule has 0 aliphatic rings. The number of benzene rings is 6. The number of anilines is 6. The van der Waals surface area contributed by atoms with Crippen LogP contribution in [0.3, 0.4) is 0 Å². The van der Waals surface area contributed by atoms with Crippen LogP contribution in [0.5, 0.6) is 0 Å². The second-order valence-corrected chi connectivity index (χ2v) is 14.3. The Hall–Kier alpha value is -6.64. The summed E-state index contributed by atoms with van der Waals surface area (Å²) in [5.41, 5.74) is 21.4. The SMILES string of the molecule is Nc1ccc(C(=O)Nc2cccc(P(=O)(c3cccc(NC(=O)c4ccc(N)cc4)c3)c3cccc(NC(=O)c4ccc(N)cc4)c3)c2)cc1. The average molecular weight is 681 g/mol. The van der Waals surface area contributed by atoms with Crippen LogP contribution in [0.2, 0.25) is 0 Å². The van der Waals surface area contributed by atoms with Gasteiger partial charge in [0.05, 0.1) is 0 Å². The van der Waals surface area contributed by atoms with Gasteiger partial charge in [-0.15, -0.1) is 0 Å². The minimum absolute atomic E-state index is 0.364. The zero-order valence-corrected chi connectivity index (χ0v) is 27.6. The first kappa shape index (κ1) is 33.3. The molecule has 0 aliphatic carbocycles. The smallest absolute Gasteiger partial charge is 0.255 e. The minimum atomic E-state index is -3.73. The number of nitrogens with one attached hydrogen (secondary N) is 3. The molecule has 0 aromatic heterocycles. The van der Waals surface area contributed by atoms with E-state index >= 15 is 4.57 Å². The van der Waals surface area contributed by atoms with Gasteiger partial charge in [-0.05, 0) is 109 Å². The predicted molar refractivity (Wildman–Crippen MR) is 202 cm³/mol. The van der Waals surface area contributed by atoms with Crippen molar-refractivity contribution in [1.29, 1.82) is 0 Å². The van der Waals surface area contributed by atoms with Crippen molar-refractivity contribution in [2.24, 2.45) is 0 Å². The van der Waals surface area contributed by atoms with E-state index in [1.165, 1.54) is 0 Å². The maximum Gasteiger partial charge on any atom is 0.255 e.